The maximum absolute atomic E-state index is 3.58. The molecule has 1 heterocycles. The lowest BCUT2D eigenvalue weighted by molar-refractivity contribution is 0.816. The summed E-state index contributed by atoms with van der Waals surface area (Å²) >= 11 is 5.37. The van der Waals surface area contributed by atoms with Gasteiger partial charge in [-0.3, -0.25) is 0 Å². The van der Waals surface area contributed by atoms with E-state index in [1.165, 1.54) is 15.6 Å². The first kappa shape index (κ1) is 9.19. The van der Waals surface area contributed by atoms with Crippen molar-refractivity contribution in [1.82, 2.24) is 5.32 Å². The lowest BCUT2D eigenvalue weighted by atomic mass is 10.2. The van der Waals surface area contributed by atoms with Crippen molar-refractivity contribution >= 4 is 37.4 Å². The van der Waals surface area contributed by atoms with Crippen LogP contribution in [0, 0.1) is 0 Å². The van der Waals surface area contributed by atoms with Crippen LogP contribution in [0.2, 0.25) is 0 Å². The molecular weight excluding hydrogens is 246 g/mol. The van der Waals surface area contributed by atoms with Gasteiger partial charge in [0.2, 0.25) is 0 Å². The van der Waals surface area contributed by atoms with Crippen molar-refractivity contribution in [3.63, 3.8) is 0 Å². The van der Waals surface area contributed by atoms with E-state index >= 15 is 0 Å². The SMILES string of the molecule is CNC(Br)c1csc2ccccc12. The molecule has 3 heteroatoms. The van der Waals surface area contributed by atoms with E-state index in [4.69, 9.17) is 0 Å². The van der Waals surface area contributed by atoms with Gasteiger partial charge in [-0.15, -0.1) is 11.3 Å². The Balaban J connectivity index is 2.57. The van der Waals surface area contributed by atoms with E-state index in [-0.39, 0.29) is 4.95 Å². The van der Waals surface area contributed by atoms with Crippen LogP contribution in [0.15, 0.2) is 29.6 Å². The number of hydrogen-bond donors (Lipinski definition) is 1. The third kappa shape index (κ3) is 1.64. The fourth-order valence-electron chi connectivity index (χ4n) is 1.35. The number of hydrogen-bond acceptors (Lipinski definition) is 2. The Labute approximate surface area is 89.9 Å². The summed E-state index contributed by atoms with van der Waals surface area (Å²) in [4.78, 5) is 0.253. The van der Waals surface area contributed by atoms with Gasteiger partial charge < -0.3 is 5.32 Å². The van der Waals surface area contributed by atoms with Gasteiger partial charge in [0.1, 0.15) is 0 Å². The highest BCUT2D eigenvalue weighted by Crippen LogP contribution is 2.32. The lowest BCUT2D eigenvalue weighted by Gasteiger charge is -2.06. The number of alkyl halides is 1. The molecule has 0 radical (unpaired) electrons. The maximum Gasteiger partial charge on any atom is 0.0898 e. The highest BCUT2D eigenvalue weighted by molar-refractivity contribution is 9.09. The molecule has 2 aromatic rings. The van der Waals surface area contributed by atoms with Crippen molar-refractivity contribution in [2.24, 2.45) is 0 Å². The van der Waals surface area contributed by atoms with Crippen LogP contribution in [0.1, 0.15) is 10.5 Å². The molecular formula is C10H10BrNS. The van der Waals surface area contributed by atoms with E-state index in [1.807, 2.05) is 7.05 Å². The highest BCUT2D eigenvalue weighted by atomic mass is 79.9. The van der Waals surface area contributed by atoms with E-state index in [9.17, 15) is 0 Å². The van der Waals surface area contributed by atoms with E-state index in [0.29, 0.717) is 0 Å². The summed E-state index contributed by atoms with van der Waals surface area (Å²) in [5.41, 5.74) is 1.32. The molecule has 1 aromatic heterocycles. The zero-order chi connectivity index (χ0) is 9.26. The average molecular weight is 256 g/mol. The third-order valence-corrected chi connectivity index (χ3v) is 3.97. The molecule has 1 nitrogen and oxygen atoms in total. The van der Waals surface area contributed by atoms with E-state index < -0.39 is 0 Å². The molecule has 0 bridgehead atoms. The zero-order valence-electron chi connectivity index (χ0n) is 7.25. The Hall–Kier alpha value is -0.380. The smallest absolute Gasteiger partial charge is 0.0898 e. The molecule has 2 rings (SSSR count). The summed E-state index contributed by atoms with van der Waals surface area (Å²) in [6.45, 7) is 0. The van der Waals surface area contributed by atoms with Gasteiger partial charge in [-0.05, 0) is 29.4 Å². The van der Waals surface area contributed by atoms with Crippen LogP contribution in [0.5, 0.6) is 0 Å². The lowest BCUT2D eigenvalue weighted by Crippen LogP contribution is -2.08. The van der Waals surface area contributed by atoms with Gasteiger partial charge >= 0.3 is 0 Å². The molecule has 0 saturated heterocycles. The quantitative estimate of drug-likeness (QED) is 0.640. The second-order valence-electron chi connectivity index (χ2n) is 2.84. The molecule has 0 aliphatic rings. The van der Waals surface area contributed by atoms with Crippen molar-refractivity contribution in [3.8, 4) is 0 Å². The van der Waals surface area contributed by atoms with Crippen molar-refractivity contribution < 1.29 is 0 Å². The minimum Gasteiger partial charge on any atom is -0.304 e. The van der Waals surface area contributed by atoms with E-state index in [2.05, 4.69) is 50.9 Å². The van der Waals surface area contributed by atoms with Crippen molar-refractivity contribution in [2.45, 2.75) is 4.95 Å². The fourth-order valence-corrected chi connectivity index (χ4v) is 2.89. The Morgan fingerprint density at radius 3 is 2.92 bits per heavy atom. The molecule has 0 spiro atoms. The average Bonchev–Trinajstić information content (AvgIpc) is 2.60. The van der Waals surface area contributed by atoms with Crippen LogP contribution in [0.3, 0.4) is 0 Å². The van der Waals surface area contributed by atoms with Crippen LogP contribution < -0.4 is 5.32 Å². The summed E-state index contributed by atoms with van der Waals surface area (Å²) in [5, 5.41) is 6.71. The van der Waals surface area contributed by atoms with Crippen molar-refractivity contribution in [2.75, 3.05) is 7.05 Å². The molecule has 0 saturated carbocycles. The van der Waals surface area contributed by atoms with Crippen LogP contribution in [-0.4, -0.2) is 7.05 Å². The summed E-state index contributed by atoms with van der Waals surface area (Å²) in [5.74, 6) is 0. The van der Waals surface area contributed by atoms with E-state index in [0.717, 1.165) is 0 Å². The molecule has 1 atom stereocenters. The standard InChI is InChI=1S/C10H10BrNS/c1-12-10(11)8-6-13-9-5-3-2-4-7(8)9/h2-6,10,12H,1H3. The molecule has 13 heavy (non-hydrogen) atoms. The fraction of sp³-hybridized carbons (Fsp3) is 0.200. The molecule has 0 amide bonds. The predicted octanol–water partition coefficient (Wildman–Crippen LogP) is 3.51. The Kier molecular flexibility index (Phi) is 2.67. The van der Waals surface area contributed by atoms with E-state index in [1.54, 1.807) is 11.3 Å². The molecule has 1 N–H and O–H groups in total. The third-order valence-electron chi connectivity index (χ3n) is 2.04. The predicted molar refractivity (Wildman–Crippen MR) is 62.6 cm³/mol. The molecule has 68 valence electrons. The Bertz CT molecular complexity index is 410. The molecule has 1 unspecified atom stereocenters. The van der Waals surface area contributed by atoms with Crippen LogP contribution in [0.4, 0.5) is 0 Å². The first-order valence-electron chi connectivity index (χ1n) is 4.10. The number of rotatable bonds is 2. The highest BCUT2D eigenvalue weighted by Gasteiger charge is 2.09. The topological polar surface area (TPSA) is 12.0 Å². The summed E-state index contributed by atoms with van der Waals surface area (Å²) < 4.78 is 1.34. The second-order valence-corrected chi connectivity index (χ2v) is 4.67. The summed E-state index contributed by atoms with van der Waals surface area (Å²) in [6.07, 6.45) is 0. The first-order chi connectivity index (χ1) is 6.33. The van der Waals surface area contributed by atoms with Crippen molar-refractivity contribution in [3.05, 3.63) is 35.2 Å². The molecule has 0 aliphatic heterocycles. The zero-order valence-corrected chi connectivity index (χ0v) is 9.65. The minimum atomic E-state index is 0.253. The summed E-state index contributed by atoms with van der Waals surface area (Å²) in [7, 11) is 1.95. The van der Waals surface area contributed by atoms with Crippen molar-refractivity contribution in [1.29, 1.82) is 0 Å². The molecule has 0 fully saturated rings. The van der Waals surface area contributed by atoms with Crippen LogP contribution in [-0.2, 0) is 0 Å². The number of thiophene rings is 1. The van der Waals surface area contributed by atoms with Gasteiger partial charge in [-0.25, -0.2) is 0 Å². The summed E-state index contributed by atoms with van der Waals surface area (Å²) in [6, 6.07) is 8.46. The molecule has 0 aliphatic carbocycles. The first-order valence-corrected chi connectivity index (χ1v) is 5.90. The van der Waals surface area contributed by atoms with Crippen LogP contribution >= 0.6 is 27.3 Å². The molecule has 1 aromatic carbocycles. The Morgan fingerprint density at radius 1 is 1.38 bits per heavy atom. The number of nitrogens with one attached hydrogen (secondary N) is 1. The largest absolute Gasteiger partial charge is 0.304 e. The Morgan fingerprint density at radius 2 is 2.15 bits per heavy atom. The van der Waals surface area contributed by atoms with Gasteiger partial charge in [-0.2, -0.15) is 0 Å². The number of fused-ring (bicyclic) bond motifs is 1. The van der Waals surface area contributed by atoms with Gasteiger partial charge in [0, 0.05) is 4.70 Å². The van der Waals surface area contributed by atoms with Gasteiger partial charge in [0.05, 0.1) is 4.95 Å². The van der Waals surface area contributed by atoms with Gasteiger partial charge in [0.15, 0.2) is 0 Å². The number of benzene rings is 1. The van der Waals surface area contributed by atoms with Gasteiger partial charge in [0.25, 0.3) is 0 Å². The second kappa shape index (κ2) is 3.78. The monoisotopic (exact) mass is 255 g/mol. The number of halogens is 1. The minimum absolute atomic E-state index is 0.253. The normalized spacial score (nSPS) is 13.4. The van der Waals surface area contributed by atoms with Crippen LogP contribution in [0.25, 0.3) is 10.1 Å². The van der Waals surface area contributed by atoms with Gasteiger partial charge in [-0.1, -0.05) is 34.1 Å². The maximum atomic E-state index is 3.58.